The summed E-state index contributed by atoms with van der Waals surface area (Å²) < 4.78 is 0. The zero-order valence-corrected chi connectivity index (χ0v) is 6.31. The van der Waals surface area contributed by atoms with Gasteiger partial charge in [-0.15, -0.1) is 0 Å². The van der Waals surface area contributed by atoms with Crippen molar-refractivity contribution in [3.8, 4) is 0 Å². The molecule has 0 aromatic rings. The van der Waals surface area contributed by atoms with Gasteiger partial charge in [0.25, 0.3) is 0 Å². The molecule has 0 atom stereocenters. The molecule has 0 aliphatic rings. The highest BCUT2D eigenvalue weighted by Gasteiger charge is 2.05. The molecule has 0 aliphatic heterocycles. The molecule has 0 spiro atoms. The molecule has 0 rings (SSSR count). The van der Waals surface area contributed by atoms with Gasteiger partial charge in [0.1, 0.15) is 0 Å². The van der Waals surface area contributed by atoms with Gasteiger partial charge in [-0.25, -0.2) is 5.06 Å². The average molecular weight is 152 g/mol. The van der Waals surface area contributed by atoms with Crippen molar-refractivity contribution in [1.29, 1.82) is 0 Å². The summed E-state index contributed by atoms with van der Waals surface area (Å²) in [7, 11) is 0. The molecule has 0 N–H and O–H groups in total. The summed E-state index contributed by atoms with van der Waals surface area (Å²) in [5, 5.41) is 0.529. The summed E-state index contributed by atoms with van der Waals surface area (Å²) in [5.74, 6) is 0. The number of hydrogen-bond donors (Lipinski definition) is 0. The molecular formula is C5H10ClNO2. The van der Waals surface area contributed by atoms with Gasteiger partial charge in [-0.1, -0.05) is 0 Å². The largest absolute Gasteiger partial charge is 0.340 e. The Balaban J connectivity index is 3.54. The lowest BCUT2D eigenvalue weighted by Crippen LogP contribution is -2.25. The van der Waals surface area contributed by atoms with Gasteiger partial charge in [-0.2, -0.15) is 0 Å². The second-order valence-corrected chi connectivity index (χ2v) is 1.69. The predicted octanol–water partition coefficient (Wildman–Crippen LogP) is 1.62. The molecule has 0 heterocycles. The first kappa shape index (κ1) is 8.72. The third-order valence-electron chi connectivity index (χ3n) is 0.768. The lowest BCUT2D eigenvalue weighted by atomic mass is 10.7. The van der Waals surface area contributed by atoms with Crippen molar-refractivity contribution in [2.24, 2.45) is 0 Å². The molecule has 1 amide bonds. The van der Waals surface area contributed by atoms with E-state index in [9.17, 15) is 4.79 Å². The van der Waals surface area contributed by atoms with E-state index in [1.54, 1.807) is 13.8 Å². The standard InChI is InChI=1S/C5H10ClNO2/c1-3-7(5(6)8)9-4-2/h3-4H2,1-2H3. The van der Waals surface area contributed by atoms with Crippen molar-refractivity contribution in [1.82, 2.24) is 5.06 Å². The van der Waals surface area contributed by atoms with E-state index in [0.29, 0.717) is 13.2 Å². The number of carbonyl (C=O) groups excluding carboxylic acids is 1. The van der Waals surface area contributed by atoms with Crippen LogP contribution in [0.15, 0.2) is 0 Å². The molecule has 0 aromatic heterocycles. The second kappa shape index (κ2) is 4.58. The van der Waals surface area contributed by atoms with Crippen molar-refractivity contribution in [2.75, 3.05) is 13.2 Å². The van der Waals surface area contributed by atoms with Crippen LogP contribution in [0.5, 0.6) is 0 Å². The van der Waals surface area contributed by atoms with E-state index < -0.39 is 5.37 Å². The first-order valence-corrected chi connectivity index (χ1v) is 3.20. The van der Waals surface area contributed by atoms with Crippen LogP contribution in [0.25, 0.3) is 0 Å². The summed E-state index contributed by atoms with van der Waals surface area (Å²) in [5.41, 5.74) is 0. The normalized spacial score (nSPS) is 9.22. The molecule has 54 valence electrons. The van der Waals surface area contributed by atoms with Crippen molar-refractivity contribution < 1.29 is 9.63 Å². The average Bonchev–Trinajstić information content (AvgIpc) is 1.82. The van der Waals surface area contributed by atoms with Gasteiger partial charge >= 0.3 is 5.37 Å². The van der Waals surface area contributed by atoms with E-state index >= 15 is 0 Å². The van der Waals surface area contributed by atoms with Crippen LogP contribution < -0.4 is 0 Å². The molecule has 0 radical (unpaired) electrons. The Morgan fingerprint density at radius 3 is 2.33 bits per heavy atom. The molecule has 0 unspecified atom stereocenters. The fourth-order valence-corrected chi connectivity index (χ4v) is 0.591. The van der Waals surface area contributed by atoms with Crippen LogP contribution >= 0.6 is 11.6 Å². The number of hydroxylamine groups is 2. The Hall–Kier alpha value is -0.280. The minimum absolute atomic E-state index is 0.465. The molecule has 0 saturated heterocycles. The highest BCUT2D eigenvalue weighted by atomic mass is 35.5. The van der Waals surface area contributed by atoms with Crippen LogP contribution in [-0.2, 0) is 4.84 Å². The summed E-state index contributed by atoms with van der Waals surface area (Å²) in [6.45, 7) is 4.53. The van der Waals surface area contributed by atoms with Crippen LogP contribution in [0.1, 0.15) is 13.8 Å². The van der Waals surface area contributed by atoms with Crippen LogP contribution in [-0.4, -0.2) is 23.6 Å². The van der Waals surface area contributed by atoms with Crippen LogP contribution in [0.4, 0.5) is 4.79 Å². The number of carbonyl (C=O) groups is 1. The molecule has 9 heavy (non-hydrogen) atoms. The third-order valence-corrected chi connectivity index (χ3v) is 0.957. The van der Waals surface area contributed by atoms with Gasteiger partial charge in [0, 0.05) is 6.54 Å². The zero-order valence-electron chi connectivity index (χ0n) is 5.56. The highest BCUT2D eigenvalue weighted by Crippen LogP contribution is 1.95. The van der Waals surface area contributed by atoms with E-state index in [-0.39, 0.29) is 0 Å². The first-order valence-electron chi connectivity index (χ1n) is 2.82. The van der Waals surface area contributed by atoms with Gasteiger partial charge in [0.15, 0.2) is 0 Å². The molecule has 0 aliphatic carbocycles. The number of nitrogens with zero attached hydrogens (tertiary/aromatic N) is 1. The Morgan fingerprint density at radius 1 is 1.67 bits per heavy atom. The number of halogens is 1. The molecule has 4 heteroatoms. The van der Waals surface area contributed by atoms with Crippen molar-refractivity contribution in [3.05, 3.63) is 0 Å². The Morgan fingerprint density at radius 2 is 2.22 bits per heavy atom. The molecule has 0 aromatic carbocycles. The Labute approximate surface area is 59.5 Å². The van der Waals surface area contributed by atoms with Gasteiger partial charge in [-0.3, -0.25) is 9.63 Å². The van der Waals surface area contributed by atoms with Gasteiger partial charge in [0.2, 0.25) is 0 Å². The SMILES string of the molecule is CCON(CC)C(=O)Cl. The zero-order chi connectivity index (χ0) is 7.28. The molecule has 0 saturated carbocycles. The Bertz CT molecular complexity index is 97.0. The van der Waals surface area contributed by atoms with Gasteiger partial charge < -0.3 is 0 Å². The maximum absolute atomic E-state index is 10.3. The highest BCUT2D eigenvalue weighted by molar-refractivity contribution is 6.62. The smallest absolute Gasteiger partial charge is 0.270 e. The monoisotopic (exact) mass is 151 g/mol. The van der Waals surface area contributed by atoms with E-state index in [1.165, 1.54) is 0 Å². The minimum atomic E-state index is -0.570. The van der Waals surface area contributed by atoms with E-state index in [0.717, 1.165) is 5.06 Å². The maximum atomic E-state index is 10.3. The fourth-order valence-electron chi connectivity index (χ4n) is 0.422. The number of rotatable bonds is 3. The minimum Gasteiger partial charge on any atom is -0.270 e. The predicted molar refractivity (Wildman–Crippen MR) is 35.3 cm³/mol. The van der Waals surface area contributed by atoms with E-state index in [2.05, 4.69) is 0 Å². The quantitative estimate of drug-likeness (QED) is 0.349. The maximum Gasteiger partial charge on any atom is 0.340 e. The molecule has 0 bridgehead atoms. The molecule has 0 fully saturated rings. The van der Waals surface area contributed by atoms with Crippen molar-refractivity contribution in [2.45, 2.75) is 13.8 Å². The summed E-state index contributed by atoms with van der Waals surface area (Å²) >= 11 is 5.08. The first-order chi connectivity index (χ1) is 4.22. The topological polar surface area (TPSA) is 29.5 Å². The number of hydrogen-bond acceptors (Lipinski definition) is 2. The van der Waals surface area contributed by atoms with Crippen LogP contribution in [0.3, 0.4) is 0 Å². The van der Waals surface area contributed by atoms with Crippen LogP contribution in [0.2, 0.25) is 0 Å². The second-order valence-electron chi connectivity index (χ2n) is 1.37. The van der Waals surface area contributed by atoms with Crippen molar-refractivity contribution in [3.63, 3.8) is 0 Å². The Kier molecular flexibility index (Phi) is 4.44. The lowest BCUT2D eigenvalue weighted by molar-refractivity contribution is -0.100. The van der Waals surface area contributed by atoms with E-state index in [1.807, 2.05) is 0 Å². The number of amides is 1. The van der Waals surface area contributed by atoms with E-state index in [4.69, 9.17) is 16.4 Å². The van der Waals surface area contributed by atoms with Gasteiger partial charge in [-0.05, 0) is 25.4 Å². The fraction of sp³-hybridized carbons (Fsp3) is 0.800. The summed E-state index contributed by atoms with van der Waals surface area (Å²) in [4.78, 5) is 15.1. The third kappa shape index (κ3) is 3.32. The summed E-state index contributed by atoms with van der Waals surface area (Å²) in [6.07, 6.45) is 0. The summed E-state index contributed by atoms with van der Waals surface area (Å²) in [6, 6.07) is 0. The molecule has 3 nitrogen and oxygen atoms in total. The lowest BCUT2D eigenvalue weighted by Gasteiger charge is -2.14. The van der Waals surface area contributed by atoms with Crippen molar-refractivity contribution >= 4 is 17.0 Å². The van der Waals surface area contributed by atoms with Gasteiger partial charge in [0.05, 0.1) is 6.61 Å². The van der Waals surface area contributed by atoms with Crippen LogP contribution in [0, 0.1) is 0 Å². The molecular weight excluding hydrogens is 142 g/mol.